The Balaban J connectivity index is 2.39. The van der Waals surface area contributed by atoms with Crippen molar-refractivity contribution >= 4 is 5.96 Å². The molecule has 0 aliphatic carbocycles. The van der Waals surface area contributed by atoms with Gasteiger partial charge in [0.05, 0.1) is 6.54 Å². The molecule has 1 aliphatic rings. The standard InChI is InChI=1S/C14H30N4/c1-5-17(6-2)14(15)16-11-13(4)18-9-7-12(3)8-10-18/h12-13H,5-11H2,1-4H3,(H2,15,16). The maximum Gasteiger partial charge on any atom is 0.191 e. The van der Waals surface area contributed by atoms with Gasteiger partial charge >= 0.3 is 0 Å². The fourth-order valence-electron chi connectivity index (χ4n) is 2.46. The summed E-state index contributed by atoms with van der Waals surface area (Å²) < 4.78 is 0. The Kier molecular flexibility index (Phi) is 6.47. The van der Waals surface area contributed by atoms with Crippen LogP contribution in [0.2, 0.25) is 0 Å². The molecule has 0 bridgehead atoms. The zero-order chi connectivity index (χ0) is 13.5. The number of hydrogen-bond acceptors (Lipinski definition) is 2. The van der Waals surface area contributed by atoms with Gasteiger partial charge in [-0.1, -0.05) is 6.92 Å². The molecule has 1 saturated heterocycles. The molecule has 1 heterocycles. The molecule has 2 N–H and O–H groups in total. The largest absolute Gasteiger partial charge is 0.370 e. The van der Waals surface area contributed by atoms with Gasteiger partial charge in [-0.05, 0) is 52.6 Å². The Morgan fingerprint density at radius 2 is 1.89 bits per heavy atom. The quantitative estimate of drug-likeness (QED) is 0.601. The van der Waals surface area contributed by atoms with E-state index in [1.54, 1.807) is 0 Å². The van der Waals surface area contributed by atoms with Crippen LogP contribution >= 0.6 is 0 Å². The summed E-state index contributed by atoms with van der Waals surface area (Å²) in [5, 5.41) is 0. The van der Waals surface area contributed by atoms with Crippen molar-refractivity contribution in [3.05, 3.63) is 0 Å². The van der Waals surface area contributed by atoms with E-state index in [1.807, 2.05) is 0 Å². The van der Waals surface area contributed by atoms with E-state index >= 15 is 0 Å². The van der Waals surface area contributed by atoms with Gasteiger partial charge in [0.15, 0.2) is 5.96 Å². The van der Waals surface area contributed by atoms with E-state index in [2.05, 4.69) is 42.5 Å². The van der Waals surface area contributed by atoms with Crippen molar-refractivity contribution in [3.63, 3.8) is 0 Å². The number of aliphatic imine (C=N–C) groups is 1. The van der Waals surface area contributed by atoms with Crippen LogP contribution in [0.4, 0.5) is 0 Å². The third kappa shape index (κ3) is 4.48. The first-order valence-corrected chi connectivity index (χ1v) is 7.37. The normalized spacial score (nSPS) is 21.0. The lowest BCUT2D eigenvalue weighted by Gasteiger charge is -2.34. The molecule has 1 aliphatic heterocycles. The fraction of sp³-hybridized carbons (Fsp3) is 0.929. The molecule has 0 aromatic rings. The number of hydrogen-bond donors (Lipinski definition) is 1. The number of piperidine rings is 1. The van der Waals surface area contributed by atoms with Crippen molar-refractivity contribution in [2.24, 2.45) is 16.6 Å². The van der Waals surface area contributed by atoms with Crippen LogP contribution in [-0.2, 0) is 0 Å². The van der Waals surface area contributed by atoms with Gasteiger partial charge in [-0.2, -0.15) is 0 Å². The van der Waals surface area contributed by atoms with Crippen molar-refractivity contribution in [1.29, 1.82) is 0 Å². The smallest absolute Gasteiger partial charge is 0.191 e. The zero-order valence-corrected chi connectivity index (χ0v) is 12.5. The van der Waals surface area contributed by atoms with Gasteiger partial charge in [-0.15, -0.1) is 0 Å². The van der Waals surface area contributed by atoms with Crippen LogP contribution < -0.4 is 5.73 Å². The minimum Gasteiger partial charge on any atom is -0.370 e. The minimum atomic E-state index is 0.506. The number of rotatable bonds is 5. The molecule has 4 heteroatoms. The Morgan fingerprint density at radius 3 is 2.39 bits per heavy atom. The van der Waals surface area contributed by atoms with Crippen LogP contribution in [0.5, 0.6) is 0 Å². The minimum absolute atomic E-state index is 0.506. The van der Waals surface area contributed by atoms with Crippen LogP contribution in [0.25, 0.3) is 0 Å². The lowest BCUT2D eigenvalue weighted by atomic mass is 9.98. The number of nitrogens with two attached hydrogens (primary N) is 1. The highest BCUT2D eigenvalue weighted by molar-refractivity contribution is 5.78. The SMILES string of the molecule is CCN(CC)C(N)=NCC(C)N1CCC(C)CC1. The first kappa shape index (κ1) is 15.3. The molecule has 0 spiro atoms. The van der Waals surface area contributed by atoms with E-state index < -0.39 is 0 Å². The summed E-state index contributed by atoms with van der Waals surface area (Å²) in [4.78, 5) is 9.18. The number of nitrogens with zero attached hydrogens (tertiary/aromatic N) is 3. The van der Waals surface area contributed by atoms with Gasteiger partial charge < -0.3 is 10.6 Å². The van der Waals surface area contributed by atoms with Crippen LogP contribution in [0.15, 0.2) is 4.99 Å². The van der Waals surface area contributed by atoms with E-state index in [4.69, 9.17) is 5.73 Å². The second kappa shape index (κ2) is 7.62. The van der Waals surface area contributed by atoms with Gasteiger partial charge in [0, 0.05) is 19.1 Å². The molecule has 0 radical (unpaired) electrons. The predicted octanol–water partition coefficient (Wildman–Crippen LogP) is 1.76. The summed E-state index contributed by atoms with van der Waals surface area (Å²) in [6.07, 6.45) is 2.64. The molecule has 18 heavy (non-hydrogen) atoms. The van der Waals surface area contributed by atoms with Gasteiger partial charge in [-0.3, -0.25) is 9.89 Å². The summed E-state index contributed by atoms with van der Waals surface area (Å²) in [5.74, 6) is 1.58. The number of likely N-dealkylation sites (tertiary alicyclic amines) is 1. The van der Waals surface area contributed by atoms with Crippen LogP contribution in [0, 0.1) is 5.92 Å². The second-order valence-corrected chi connectivity index (χ2v) is 5.44. The summed E-state index contributed by atoms with van der Waals surface area (Å²) in [6.45, 7) is 13.9. The van der Waals surface area contributed by atoms with Crippen molar-refractivity contribution in [2.45, 2.75) is 46.6 Å². The van der Waals surface area contributed by atoms with Gasteiger partial charge in [0.25, 0.3) is 0 Å². The molecular formula is C14H30N4. The summed E-state index contributed by atoms with van der Waals surface area (Å²) in [7, 11) is 0. The first-order valence-electron chi connectivity index (χ1n) is 7.37. The topological polar surface area (TPSA) is 44.9 Å². The van der Waals surface area contributed by atoms with E-state index in [9.17, 15) is 0 Å². The third-order valence-corrected chi connectivity index (χ3v) is 4.05. The molecule has 0 aromatic heterocycles. The summed E-state index contributed by atoms with van der Waals surface area (Å²) in [6, 6.07) is 0.506. The van der Waals surface area contributed by atoms with E-state index in [0.29, 0.717) is 12.0 Å². The Hall–Kier alpha value is -0.770. The van der Waals surface area contributed by atoms with Crippen LogP contribution in [0.1, 0.15) is 40.5 Å². The highest BCUT2D eigenvalue weighted by atomic mass is 15.3. The third-order valence-electron chi connectivity index (χ3n) is 4.05. The van der Waals surface area contributed by atoms with Crippen molar-refractivity contribution in [1.82, 2.24) is 9.80 Å². The number of guanidine groups is 1. The van der Waals surface area contributed by atoms with Gasteiger partial charge in [0.2, 0.25) is 0 Å². The Morgan fingerprint density at radius 1 is 1.33 bits per heavy atom. The maximum absolute atomic E-state index is 6.00. The monoisotopic (exact) mass is 254 g/mol. The zero-order valence-electron chi connectivity index (χ0n) is 12.5. The molecule has 1 unspecified atom stereocenters. The Bertz CT molecular complexity index is 253. The molecule has 1 rings (SSSR count). The lowest BCUT2D eigenvalue weighted by Crippen LogP contribution is -2.42. The average Bonchev–Trinajstić information content (AvgIpc) is 2.38. The fourth-order valence-corrected chi connectivity index (χ4v) is 2.46. The van der Waals surface area contributed by atoms with E-state index in [0.717, 1.165) is 25.6 Å². The molecule has 4 nitrogen and oxygen atoms in total. The molecule has 106 valence electrons. The molecule has 1 atom stereocenters. The maximum atomic E-state index is 6.00. The predicted molar refractivity (Wildman–Crippen MR) is 78.8 cm³/mol. The first-order chi connectivity index (χ1) is 8.58. The molecular weight excluding hydrogens is 224 g/mol. The molecule has 0 aromatic carbocycles. The van der Waals surface area contributed by atoms with Gasteiger partial charge in [0.1, 0.15) is 0 Å². The molecule has 0 saturated carbocycles. The van der Waals surface area contributed by atoms with Crippen molar-refractivity contribution in [2.75, 3.05) is 32.7 Å². The molecule has 0 amide bonds. The lowest BCUT2D eigenvalue weighted by molar-refractivity contribution is 0.150. The molecule has 1 fully saturated rings. The van der Waals surface area contributed by atoms with Crippen LogP contribution in [0.3, 0.4) is 0 Å². The average molecular weight is 254 g/mol. The van der Waals surface area contributed by atoms with E-state index in [1.165, 1.54) is 25.9 Å². The van der Waals surface area contributed by atoms with Crippen molar-refractivity contribution in [3.8, 4) is 0 Å². The van der Waals surface area contributed by atoms with Gasteiger partial charge in [-0.25, -0.2) is 0 Å². The highest BCUT2D eigenvalue weighted by Gasteiger charge is 2.20. The summed E-state index contributed by atoms with van der Waals surface area (Å²) >= 11 is 0. The summed E-state index contributed by atoms with van der Waals surface area (Å²) in [5.41, 5.74) is 6.00. The Labute approximate surface area is 112 Å². The van der Waals surface area contributed by atoms with Crippen molar-refractivity contribution < 1.29 is 0 Å². The van der Waals surface area contributed by atoms with Crippen LogP contribution in [-0.4, -0.2) is 54.5 Å². The second-order valence-electron chi connectivity index (χ2n) is 5.44. The van der Waals surface area contributed by atoms with E-state index in [-0.39, 0.29) is 0 Å². The highest BCUT2D eigenvalue weighted by Crippen LogP contribution is 2.17.